The molecule has 0 spiro atoms. The molecular weight excluding hydrogens is 535 g/mol. The molecular formula is C30H22Cl2N4O3. The van der Waals surface area contributed by atoms with Gasteiger partial charge in [-0.25, -0.2) is 0 Å². The largest absolute Gasteiger partial charge is 0.334 e. The van der Waals surface area contributed by atoms with E-state index in [-0.39, 0.29) is 23.9 Å². The normalized spacial score (nSPS) is 15.1. The predicted molar refractivity (Wildman–Crippen MR) is 150 cm³/mol. The summed E-state index contributed by atoms with van der Waals surface area (Å²) >= 11 is 12.1. The van der Waals surface area contributed by atoms with Gasteiger partial charge in [0.15, 0.2) is 0 Å². The quantitative estimate of drug-likeness (QED) is 0.355. The summed E-state index contributed by atoms with van der Waals surface area (Å²) in [6, 6.07) is 23.8. The summed E-state index contributed by atoms with van der Waals surface area (Å²) in [7, 11) is 0. The lowest BCUT2D eigenvalue weighted by molar-refractivity contribution is 0.0383. The van der Waals surface area contributed by atoms with Gasteiger partial charge in [-0.1, -0.05) is 47.5 Å². The van der Waals surface area contributed by atoms with Crippen LogP contribution in [0.25, 0.3) is 11.1 Å². The molecule has 1 aliphatic heterocycles. The Morgan fingerprint density at radius 1 is 0.872 bits per heavy atom. The Kier molecular flexibility index (Phi) is 7.51. The predicted octanol–water partition coefficient (Wildman–Crippen LogP) is 5.56. The number of hydrogen-bond acceptors (Lipinski definition) is 4. The summed E-state index contributed by atoms with van der Waals surface area (Å²) in [5.41, 5.74) is 2.54. The molecule has 7 nitrogen and oxygen atoms in total. The third kappa shape index (κ3) is 5.58. The van der Waals surface area contributed by atoms with E-state index in [0.29, 0.717) is 51.0 Å². The van der Waals surface area contributed by atoms with Crippen molar-refractivity contribution in [3.63, 3.8) is 0 Å². The minimum absolute atomic E-state index is 0.164. The van der Waals surface area contributed by atoms with Crippen LogP contribution in [0.3, 0.4) is 0 Å². The first-order chi connectivity index (χ1) is 18.8. The first-order valence-electron chi connectivity index (χ1n) is 12.2. The summed E-state index contributed by atoms with van der Waals surface area (Å²) < 4.78 is 0. The van der Waals surface area contributed by atoms with Crippen molar-refractivity contribution in [2.24, 2.45) is 0 Å². The van der Waals surface area contributed by atoms with Crippen molar-refractivity contribution in [2.75, 3.05) is 19.6 Å². The van der Waals surface area contributed by atoms with Crippen LogP contribution < -0.4 is 5.56 Å². The monoisotopic (exact) mass is 556 g/mol. The molecule has 9 heteroatoms. The number of nitrogens with zero attached hydrogens (tertiary/aromatic N) is 3. The number of rotatable bonds is 4. The minimum Gasteiger partial charge on any atom is -0.334 e. The number of benzene rings is 3. The second-order valence-electron chi connectivity index (χ2n) is 9.15. The standard InChI is InChI=1S/C30H22Cl2N4O3/c31-24-8-4-20(5-9-24)27-18-35(12-13-36(27)30(39)21-6-10-25(32)11-7-21)29(38)23-15-26(28(37)34-17-23)22-3-1-2-19(14-22)16-33/h1-11,14-15,17,27H,12-13,18H2,(H,34,37). The lowest BCUT2D eigenvalue weighted by atomic mass is 9.99. The molecule has 194 valence electrons. The highest BCUT2D eigenvalue weighted by Crippen LogP contribution is 2.29. The van der Waals surface area contributed by atoms with Crippen molar-refractivity contribution in [1.29, 1.82) is 5.26 Å². The van der Waals surface area contributed by atoms with E-state index in [1.807, 2.05) is 12.1 Å². The van der Waals surface area contributed by atoms with Crippen LogP contribution in [0.4, 0.5) is 0 Å². The fraction of sp³-hybridized carbons (Fsp3) is 0.133. The fourth-order valence-corrected chi connectivity index (χ4v) is 4.95. The number of pyridine rings is 1. The van der Waals surface area contributed by atoms with E-state index in [1.165, 1.54) is 6.20 Å². The van der Waals surface area contributed by atoms with Gasteiger partial charge >= 0.3 is 0 Å². The van der Waals surface area contributed by atoms with Crippen LogP contribution in [0, 0.1) is 11.3 Å². The molecule has 3 aromatic carbocycles. The third-order valence-electron chi connectivity index (χ3n) is 6.73. The van der Waals surface area contributed by atoms with E-state index in [1.54, 1.807) is 76.5 Å². The molecule has 1 N–H and O–H groups in total. The van der Waals surface area contributed by atoms with Crippen LogP contribution in [0.15, 0.2) is 89.9 Å². The number of aromatic nitrogens is 1. The van der Waals surface area contributed by atoms with Crippen molar-refractivity contribution in [1.82, 2.24) is 14.8 Å². The molecule has 1 aliphatic rings. The number of H-pyrrole nitrogens is 1. The number of piperazine rings is 1. The number of nitriles is 1. The topological polar surface area (TPSA) is 97.3 Å². The molecule has 1 saturated heterocycles. The summed E-state index contributed by atoms with van der Waals surface area (Å²) in [6.45, 7) is 0.861. The Morgan fingerprint density at radius 3 is 2.26 bits per heavy atom. The summed E-state index contributed by atoms with van der Waals surface area (Å²) in [4.78, 5) is 45.8. The fourth-order valence-electron chi connectivity index (χ4n) is 4.70. The molecule has 39 heavy (non-hydrogen) atoms. The second-order valence-corrected chi connectivity index (χ2v) is 10.0. The van der Waals surface area contributed by atoms with Crippen LogP contribution in [-0.2, 0) is 0 Å². The Labute approximate surface area is 234 Å². The van der Waals surface area contributed by atoms with E-state index in [2.05, 4.69) is 11.1 Å². The van der Waals surface area contributed by atoms with Gasteiger partial charge in [0.1, 0.15) is 0 Å². The van der Waals surface area contributed by atoms with E-state index in [9.17, 15) is 19.6 Å². The van der Waals surface area contributed by atoms with E-state index >= 15 is 0 Å². The highest BCUT2D eigenvalue weighted by Gasteiger charge is 2.34. The molecule has 1 aromatic heterocycles. The van der Waals surface area contributed by atoms with Crippen molar-refractivity contribution in [3.8, 4) is 17.2 Å². The van der Waals surface area contributed by atoms with Gasteiger partial charge in [0.25, 0.3) is 17.4 Å². The number of amides is 2. The third-order valence-corrected chi connectivity index (χ3v) is 7.23. The zero-order valence-electron chi connectivity index (χ0n) is 20.6. The van der Waals surface area contributed by atoms with E-state index in [4.69, 9.17) is 23.2 Å². The maximum absolute atomic E-state index is 13.6. The SMILES string of the molecule is N#Cc1cccc(-c2cc(C(=O)N3CCN(C(=O)c4ccc(Cl)cc4)C(c4ccc(Cl)cc4)C3)c[nH]c2=O)c1. The minimum atomic E-state index is -0.419. The second kappa shape index (κ2) is 11.2. The molecule has 5 rings (SSSR count). The highest BCUT2D eigenvalue weighted by molar-refractivity contribution is 6.30. The van der Waals surface area contributed by atoms with Crippen molar-refractivity contribution >= 4 is 35.0 Å². The maximum Gasteiger partial charge on any atom is 0.255 e. The lowest BCUT2D eigenvalue weighted by Gasteiger charge is -2.42. The Hall–Kier alpha value is -4.38. The number of carbonyl (C=O) groups excluding carboxylic acids is 2. The summed E-state index contributed by atoms with van der Waals surface area (Å²) in [6.07, 6.45) is 1.39. The number of hydrogen-bond donors (Lipinski definition) is 1. The van der Waals surface area contributed by atoms with Gasteiger partial charge in [0.2, 0.25) is 0 Å². The Balaban J connectivity index is 1.45. The molecule has 4 aromatic rings. The van der Waals surface area contributed by atoms with Crippen LogP contribution in [0.5, 0.6) is 0 Å². The van der Waals surface area contributed by atoms with Crippen molar-refractivity contribution in [3.05, 3.63) is 128 Å². The lowest BCUT2D eigenvalue weighted by Crippen LogP contribution is -2.52. The molecule has 2 heterocycles. The van der Waals surface area contributed by atoms with Crippen LogP contribution in [-0.4, -0.2) is 46.2 Å². The van der Waals surface area contributed by atoms with Gasteiger partial charge in [0.05, 0.1) is 23.2 Å². The van der Waals surface area contributed by atoms with Gasteiger partial charge in [-0.2, -0.15) is 5.26 Å². The maximum atomic E-state index is 13.6. The molecule has 1 unspecified atom stereocenters. The molecule has 1 atom stereocenters. The molecule has 2 amide bonds. The van der Waals surface area contributed by atoms with Crippen LogP contribution in [0.1, 0.15) is 37.9 Å². The van der Waals surface area contributed by atoms with Crippen LogP contribution in [0.2, 0.25) is 10.0 Å². The number of carbonyl (C=O) groups is 2. The molecule has 0 bridgehead atoms. The average Bonchev–Trinajstić information content (AvgIpc) is 2.97. The zero-order chi connectivity index (χ0) is 27.5. The smallest absolute Gasteiger partial charge is 0.255 e. The Morgan fingerprint density at radius 2 is 1.56 bits per heavy atom. The van der Waals surface area contributed by atoms with Crippen molar-refractivity contribution < 1.29 is 9.59 Å². The van der Waals surface area contributed by atoms with Gasteiger partial charge in [-0.15, -0.1) is 0 Å². The zero-order valence-corrected chi connectivity index (χ0v) is 22.1. The van der Waals surface area contributed by atoms with Crippen molar-refractivity contribution in [2.45, 2.75) is 6.04 Å². The van der Waals surface area contributed by atoms with Gasteiger partial charge < -0.3 is 14.8 Å². The van der Waals surface area contributed by atoms with E-state index in [0.717, 1.165) is 5.56 Å². The van der Waals surface area contributed by atoms with Crippen LogP contribution >= 0.6 is 23.2 Å². The Bertz CT molecular complexity index is 1640. The number of halogens is 2. The summed E-state index contributed by atoms with van der Waals surface area (Å²) in [5, 5.41) is 10.3. The molecule has 0 aliphatic carbocycles. The van der Waals surface area contributed by atoms with E-state index < -0.39 is 6.04 Å². The summed E-state index contributed by atoms with van der Waals surface area (Å²) in [5.74, 6) is -0.441. The highest BCUT2D eigenvalue weighted by atomic mass is 35.5. The van der Waals surface area contributed by atoms with Gasteiger partial charge in [0, 0.05) is 47.0 Å². The molecule has 0 saturated carbocycles. The number of nitrogens with one attached hydrogen (secondary N) is 1. The first-order valence-corrected chi connectivity index (χ1v) is 12.9. The molecule has 1 fully saturated rings. The molecule has 0 radical (unpaired) electrons. The number of aromatic amines is 1. The first kappa shape index (κ1) is 26.2. The van der Waals surface area contributed by atoms with Gasteiger partial charge in [-0.05, 0) is 65.7 Å². The van der Waals surface area contributed by atoms with Gasteiger partial charge in [-0.3, -0.25) is 14.4 Å². The average molecular weight is 557 g/mol.